The molecule has 1 saturated carbocycles. The third-order valence-electron chi connectivity index (χ3n) is 4.64. The summed E-state index contributed by atoms with van der Waals surface area (Å²) in [4.78, 5) is 2.52. The summed E-state index contributed by atoms with van der Waals surface area (Å²) in [6.07, 6.45) is 2.35. The van der Waals surface area contributed by atoms with Gasteiger partial charge < -0.3 is 9.64 Å². The molecule has 2 aromatic rings. The van der Waals surface area contributed by atoms with Crippen LogP contribution in [0.15, 0.2) is 12.1 Å². The maximum atomic E-state index is 13.6. The quantitative estimate of drug-likeness (QED) is 0.930. The summed E-state index contributed by atoms with van der Waals surface area (Å²) in [7, 11) is 1.49. The molecule has 1 saturated heterocycles. The maximum Gasteiger partial charge on any atom is 0.167 e. The summed E-state index contributed by atoms with van der Waals surface area (Å²) in [5.41, 5.74) is 1.74. The summed E-state index contributed by atoms with van der Waals surface area (Å²) in [5, 5.41) is 8.19. The summed E-state index contributed by atoms with van der Waals surface area (Å²) in [6, 6.07) is 3.17. The van der Waals surface area contributed by atoms with E-state index in [4.69, 9.17) is 4.74 Å². The number of piperidine rings is 1. The van der Waals surface area contributed by atoms with E-state index in [1.54, 1.807) is 6.07 Å². The third kappa shape index (κ3) is 1.97. The Kier molecular flexibility index (Phi) is 2.70. The fraction of sp³-hybridized carbons (Fsp3) is 0.533. The minimum atomic E-state index is -0.363. The molecule has 2 heterocycles. The number of benzene rings is 1. The molecular weight excluding hydrogens is 257 g/mol. The highest BCUT2D eigenvalue weighted by atomic mass is 19.1. The van der Waals surface area contributed by atoms with Gasteiger partial charge in [0.15, 0.2) is 11.6 Å². The van der Waals surface area contributed by atoms with Gasteiger partial charge in [-0.3, -0.25) is 5.10 Å². The molecule has 1 aliphatic carbocycles. The van der Waals surface area contributed by atoms with Crippen molar-refractivity contribution in [3.63, 3.8) is 0 Å². The van der Waals surface area contributed by atoms with Gasteiger partial charge in [-0.25, -0.2) is 4.39 Å². The number of hydrogen-bond donors (Lipinski definition) is 1. The zero-order valence-corrected chi connectivity index (χ0v) is 11.5. The average molecular weight is 275 g/mol. The minimum absolute atomic E-state index is 0.280. The molecule has 106 valence electrons. The molecule has 2 aliphatic rings. The van der Waals surface area contributed by atoms with Gasteiger partial charge in [0.25, 0.3) is 0 Å². The highest BCUT2D eigenvalue weighted by Gasteiger charge is 2.44. The first-order chi connectivity index (χ1) is 9.74. The largest absolute Gasteiger partial charge is 0.494 e. The van der Waals surface area contributed by atoms with Crippen molar-refractivity contribution in [2.75, 3.05) is 26.7 Å². The number of ether oxygens (including phenoxy) is 1. The molecule has 4 rings (SSSR count). The van der Waals surface area contributed by atoms with E-state index in [9.17, 15) is 4.39 Å². The molecule has 0 bridgehead atoms. The minimum Gasteiger partial charge on any atom is -0.494 e. The highest BCUT2D eigenvalue weighted by molar-refractivity contribution is 5.83. The molecule has 1 aromatic heterocycles. The molecule has 0 amide bonds. The van der Waals surface area contributed by atoms with Gasteiger partial charge in [-0.1, -0.05) is 0 Å². The van der Waals surface area contributed by atoms with E-state index in [2.05, 4.69) is 15.1 Å². The predicted molar refractivity (Wildman–Crippen MR) is 74.3 cm³/mol. The van der Waals surface area contributed by atoms with Crippen LogP contribution in [-0.2, 0) is 6.42 Å². The Labute approximate surface area is 116 Å². The number of nitrogens with one attached hydrogen (secondary N) is 1. The second-order valence-corrected chi connectivity index (χ2v) is 5.97. The topological polar surface area (TPSA) is 41.1 Å². The number of methoxy groups -OCH3 is 1. The zero-order valence-electron chi connectivity index (χ0n) is 11.5. The predicted octanol–water partition coefficient (Wildman–Crippen LogP) is 2.20. The number of nitrogens with zero attached hydrogens (tertiary/aromatic N) is 2. The lowest BCUT2D eigenvalue weighted by molar-refractivity contribution is 0.308. The number of aromatic amines is 1. The standard InChI is InChI=1S/C15H18FN3O/c1-20-15-5-11-13(17-18-14(11)6-12(15)16)2-3-19-7-9-4-10(9)8-19/h5-6,9-10H,2-4,7-8H2,1H3,(H,17,18). The molecule has 2 fully saturated rings. The van der Waals surface area contributed by atoms with Gasteiger partial charge in [0.2, 0.25) is 0 Å². The molecule has 0 radical (unpaired) electrons. The molecule has 1 aliphatic heterocycles. The number of aromatic nitrogens is 2. The molecule has 1 N–H and O–H groups in total. The van der Waals surface area contributed by atoms with E-state index in [1.807, 2.05) is 0 Å². The van der Waals surface area contributed by atoms with Crippen LogP contribution in [0.3, 0.4) is 0 Å². The smallest absolute Gasteiger partial charge is 0.167 e. The lowest BCUT2D eigenvalue weighted by atomic mass is 10.1. The Bertz CT molecular complexity index is 644. The van der Waals surface area contributed by atoms with Crippen molar-refractivity contribution in [2.24, 2.45) is 11.8 Å². The van der Waals surface area contributed by atoms with E-state index in [1.165, 1.54) is 32.7 Å². The first-order valence-electron chi connectivity index (χ1n) is 7.17. The summed E-state index contributed by atoms with van der Waals surface area (Å²) in [5.74, 6) is 1.84. The SMILES string of the molecule is COc1cc2c(CCN3CC4CC4C3)[nH]nc2cc1F. The van der Waals surface area contributed by atoms with Crippen molar-refractivity contribution < 1.29 is 9.13 Å². The van der Waals surface area contributed by atoms with Crippen molar-refractivity contribution in [1.29, 1.82) is 0 Å². The average Bonchev–Trinajstić information content (AvgIpc) is 2.89. The van der Waals surface area contributed by atoms with E-state index >= 15 is 0 Å². The van der Waals surface area contributed by atoms with Crippen LogP contribution >= 0.6 is 0 Å². The van der Waals surface area contributed by atoms with E-state index in [0.717, 1.165) is 35.9 Å². The van der Waals surface area contributed by atoms with E-state index < -0.39 is 0 Å². The Morgan fingerprint density at radius 2 is 2.20 bits per heavy atom. The normalized spacial score (nSPS) is 25.1. The Morgan fingerprint density at radius 3 is 2.95 bits per heavy atom. The van der Waals surface area contributed by atoms with Crippen LogP contribution in [0, 0.1) is 17.7 Å². The van der Waals surface area contributed by atoms with E-state index in [0.29, 0.717) is 5.52 Å². The van der Waals surface area contributed by atoms with Gasteiger partial charge in [0.1, 0.15) is 0 Å². The second-order valence-electron chi connectivity index (χ2n) is 5.97. The summed E-state index contributed by atoms with van der Waals surface area (Å²) < 4.78 is 18.7. The van der Waals surface area contributed by atoms with Gasteiger partial charge in [0, 0.05) is 43.2 Å². The van der Waals surface area contributed by atoms with Crippen molar-refractivity contribution in [3.05, 3.63) is 23.6 Å². The van der Waals surface area contributed by atoms with Crippen molar-refractivity contribution >= 4 is 10.9 Å². The van der Waals surface area contributed by atoms with Gasteiger partial charge >= 0.3 is 0 Å². The molecule has 0 spiro atoms. The molecule has 2 atom stereocenters. The van der Waals surface area contributed by atoms with Crippen LogP contribution in [0.1, 0.15) is 12.1 Å². The van der Waals surface area contributed by atoms with Gasteiger partial charge in [-0.2, -0.15) is 5.10 Å². The Hall–Kier alpha value is -1.62. The molecule has 5 heteroatoms. The Balaban J connectivity index is 1.53. The number of rotatable bonds is 4. The molecule has 1 aromatic carbocycles. The second kappa shape index (κ2) is 4.45. The first-order valence-corrected chi connectivity index (χ1v) is 7.17. The van der Waals surface area contributed by atoms with Crippen LogP contribution in [0.5, 0.6) is 5.75 Å². The number of fused-ring (bicyclic) bond motifs is 2. The van der Waals surface area contributed by atoms with Crippen LogP contribution in [-0.4, -0.2) is 41.8 Å². The Morgan fingerprint density at radius 1 is 1.40 bits per heavy atom. The van der Waals surface area contributed by atoms with Crippen LogP contribution in [0.2, 0.25) is 0 Å². The van der Waals surface area contributed by atoms with Crippen molar-refractivity contribution in [1.82, 2.24) is 15.1 Å². The van der Waals surface area contributed by atoms with Gasteiger partial charge in [0.05, 0.1) is 12.6 Å². The van der Waals surface area contributed by atoms with Gasteiger partial charge in [-0.05, 0) is 24.3 Å². The van der Waals surface area contributed by atoms with Crippen LogP contribution in [0.4, 0.5) is 4.39 Å². The fourth-order valence-corrected chi connectivity index (χ4v) is 3.36. The monoisotopic (exact) mass is 275 g/mol. The summed E-state index contributed by atoms with van der Waals surface area (Å²) in [6.45, 7) is 3.54. The maximum absolute atomic E-state index is 13.6. The lowest BCUT2D eigenvalue weighted by Gasteiger charge is -2.16. The van der Waals surface area contributed by atoms with Crippen molar-refractivity contribution in [2.45, 2.75) is 12.8 Å². The first kappa shape index (κ1) is 12.1. The molecule has 2 unspecified atom stereocenters. The van der Waals surface area contributed by atoms with Crippen LogP contribution < -0.4 is 4.74 Å². The summed E-state index contributed by atoms with van der Waals surface area (Å²) >= 11 is 0. The molecule has 20 heavy (non-hydrogen) atoms. The molecular formula is C15H18FN3O. The highest BCUT2D eigenvalue weighted by Crippen LogP contribution is 2.44. The van der Waals surface area contributed by atoms with E-state index in [-0.39, 0.29) is 11.6 Å². The zero-order chi connectivity index (χ0) is 13.7. The van der Waals surface area contributed by atoms with Crippen LogP contribution in [0.25, 0.3) is 10.9 Å². The third-order valence-corrected chi connectivity index (χ3v) is 4.64. The molecule has 4 nitrogen and oxygen atoms in total. The fourth-order valence-electron chi connectivity index (χ4n) is 3.36. The number of hydrogen-bond acceptors (Lipinski definition) is 3. The number of likely N-dealkylation sites (tertiary alicyclic amines) is 1. The van der Waals surface area contributed by atoms with Crippen molar-refractivity contribution in [3.8, 4) is 5.75 Å². The van der Waals surface area contributed by atoms with Gasteiger partial charge in [-0.15, -0.1) is 0 Å². The lowest BCUT2D eigenvalue weighted by Crippen LogP contribution is -2.25. The number of H-pyrrole nitrogens is 1. The number of halogens is 1.